The van der Waals surface area contributed by atoms with E-state index in [9.17, 15) is 4.79 Å². The van der Waals surface area contributed by atoms with E-state index in [0.717, 1.165) is 16.7 Å². The zero-order chi connectivity index (χ0) is 16.1. The van der Waals surface area contributed by atoms with Crippen LogP contribution in [0, 0.1) is 6.92 Å². The van der Waals surface area contributed by atoms with Gasteiger partial charge in [0.1, 0.15) is 0 Å². The van der Waals surface area contributed by atoms with Crippen LogP contribution in [0.3, 0.4) is 0 Å². The lowest BCUT2D eigenvalue weighted by molar-refractivity contribution is 0.0377. The van der Waals surface area contributed by atoms with Crippen molar-refractivity contribution in [1.29, 1.82) is 0 Å². The largest absolute Gasteiger partial charge is 0.449 e. The Hall–Kier alpha value is -2.87. The lowest BCUT2D eigenvalue weighted by Crippen LogP contribution is -2.14. The van der Waals surface area contributed by atoms with Crippen molar-refractivity contribution >= 4 is 5.97 Å². The summed E-state index contributed by atoms with van der Waals surface area (Å²) in [5.74, 6) is -0.317. The Morgan fingerprint density at radius 1 is 0.783 bits per heavy atom. The maximum Gasteiger partial charge on any atom is 0.339 e. The number of carbonyl (C=O) groups excluding carboxylic acids is 1. The molecule has 0 N–H and O–H groups in total. The molecule has 0 spiro atoms. The molecule has 23 heavy (non-hydrogen) atoms. The molecule has 2 heteroatoms. The molecule has 3 rings (SSSR count). The van der Waals surface area contributed by atoms with Gasteiger partial charge in [0.15, 0.2) is 6.10 Å². The summed E-state index contributed by atoms with van der Waals surface area (Å²) in [5.41, 5.74) is 3.62. The molecule has 3 aromatic rings. The zero-order valence-electron chi connectivity index (χ0n) is 13.0. The van der Waals surface area contributed by atoms with Crippen LogP contribution in [0.15, 0.2) is 84.9 Å². The number of benzene rings is 3. The molecule has 3 aromatic carbocycles. The summed E-state index contributed by atoms with van der Waals surface area (Å²) in [4.78, 5) is 12.5. The van der Waals surface area contributed by atoms with Crippen molar-refractivity contribution in [3.8, 4) is 0 Å². The van der Waals surface area contributed by atoms with Crippen LogP contribution in [0.4, 0.5) is 0 Å². The highest BCUT2D eigenvalue weighted by Crippen LogP contribution is 2.29. The quantitative estimate of drug-likeness (QED) is 0.638. The van der Waals surface area contributed by atoms with Crippen molar-refractivity contribution in [2.45, 2.75) is 13.0 Å². The first kappa shape index (κ1) is 15.0. The molecule has 0 aliphatic heterocycles. The Morgan fingerprint density at radius 2 is 1.35 bits per heavy atom. The molecule has 114 valence electrons. The highest BCUT2D eigenvalue weighted by molar-refractivity contribution is 5.89. The van der Waals surface area contributed by atoms with Gasteiger partial charge >= 0.3 is 5.97 Å². The summed E-state index contributed by atoms with van der Waals surface area (Å²) in [6.07, 6.45) is -0.412. The third kappa shape index (κ3) is 3.49. The van der Waals surface area contributed by atoms with Crippen LogP contribution in [0.5, 0.6) is 0 Å². The van der Waals surface area contributed by atoms with Crippen LogP contribution in [0.1, 0.15) is 33.2 Å². The molecule has 0 radical (unpaired) electrons. The van der Waals surface area contributed by atoms with E-state index in [-0.39, 0.29) is 5.97 Å². The van der Waals surface area contributed by atoms with E-state index in [0.29, 0.717) is 5.56 Å². The van der Waals surface area contributed by atoms with E-state index in [1.54, 1.807) is 12.1 Å². The Bertz CT molecular complexity index is 779. The predicted octanol–water partition coefficient (Wildman–Crippen LogP) is 4.94. The third-order valence-corrected chi connectivity index (χ3v) is 3.81. The van der Waals surface area contributed by atoms with Crippen molar-refractivity contribution in [2.75, 3.05) is 0 Å². The van der Waals surface area contributed by atoms with Crippen molar-refractivity contribution in [3.63, 3.8) is 0 Å². The molecule has 0 saturated heterocycles. The van der Waals surface area contributed by atoms with Gasteiger partial charge in [0.2, 0.25) is 0 Å². The topological polar surface area (TPSA) is 26.3 Å². The van der Waals surface area contributed by atoms with Crippen LogP contribution in [0.2, 0.25) is 0 Å². The minimum Gasteiger partial charge on any atom is -0.449 e. The Balaban J connectivity index is 1.97. The number of esters is 1. The minimum atomic E-state index is -0.412. The first-order chi connectivity index (χ1) is 11.3. The van der Waals surface area contributed by atoms with E-state index >= 15 is 0 Å². The average molecular weight is 302 g/mol. The predicted molar refractivity (Wildman–Crippen MR) is 91.3 cm³/mol. The van der Waals surface area contributed by atoms with Gasteiger partial charge in [0.05, 0.1) is 5.56 Å². The monoisotopic (exact) mass is 302 g/mol. The highest BCUT2D eigenvalue weighted by Gasteiger charge is 2.21. The van der Waals surface area contributed by atoms with Gasteiger partial charge in [0, 0.05) is 0 Å². The molecule has 0 fully saturated rings. The summed E-state index contributed by atoms with van der Waals surface area (Å²) < 4.78 is 5.85. The maximum atomic E-state index is 12.5. The molecule has 1 unspecified atom stereocenters. The van der Waals surface area contributed by atoms with Gasteiger partial charge in [-0.05, 0) is 35.7 Å². The van der Waals surface area contributed by atoms with E-state index in [1.807, 2.05) is 79.7 Å². The van der Waals surface area contributed by atoms with Crippen LogP contribution in [0.25, 0.3) is 0 Å². The van der Waals surface area contributed by atoms with Crippen molar-refractivity contribution < 1.29 is 9.53 Å². The molecule has 0 aliphatic carbocycles. The Labute approximate surface area is 136 Å². The standard InChI is InChI=1S/C21H18O2/c1-16-10-8-9-15-19(16)20(17-11-4-2-5-12-17)23-21(22)18-13-6-3-7-14-18/h2-15,20H,1H3. The van der Waals surface area contributed by atoms with Gasteiger partial charge in [0.25, 0.3) is 0 Å². The second-order valence-corrected chi connectivity index (χ2v) is 5.42. The first-order valence-electron chi connectivity index (χ1n) is 7.62. The van der Waals surface area contributed by atoms with E-state index in [1.165, 1.54) is 0 Å². The van der Waals surface area contributed by atoms with Gasteiger partial charge < -0.3 is 4.74 Å². The molecular weight excluding hydrogens is 284 g/mol. The summed E-state index contributed by atoms with van der Waals surface area (Å²) >= 11 is 0. The number of aryl methyl sites for hydroxylation is 1. The molecule has 0 bridgehead atoms. The number of carbonyl (C=O) groups is 1. The van der Waals surface area contributed by atoms with E-state index in [4.69, 9.17) is 4.74 Å². The summed E-state index contributed by atoms with van der Waals surface area (Å²) in [5, 5.41) is 0. The first-order valence-corrected chi connectivity index (χ1v) is 7.62. The molecule has 0 amide bonds. The normalized spacial score (nSPS) is 11.7. The van der Waals surface area contributed by atoms with E-state index < -0.39 is 6.10 Å². The SMILES string of the molecule is Cc1ccccc1C(OC(=O)c1ccccc1)c1ccccc1. The molecule has 0 aromatic heterocycles. The van der Waals surface area contributed by atoms with Gasteiger partial charge in [-0.25, -0.2) is 4.79 Å². The molecule has 0 aliphatic rings. The van der Waals surface area contributed by atoms with Crippen molar-refractivity contribution in [1.82, 2.24) is 0 Å². The van der Waals surface area contributed by atoms with Crippen LogP contribution in [-0.2, 0) is 4.74 Å². The molecule has 1 atom stereocenters. The second-order valence-electron chi connectivity index (χ2n) is 5.42. The fourth-order valence-corrected chi connectivity index (χ4v) is 2.57. The summed E-state index contributed by atoms with van der Waals surface area (Å²) in [6, 6.07) is 26.9. The minimum absolute atomic E-state index is 0.317. The van der Waals surface area contributed by atoms with Crippen LogP contribution in [-0.4, -0.2) is 5.97 Å². The lowest BCUT2D eigenvalue weighted by atomic mass is 9.97. The summed E-state index contributed by atoms with van der Waals surface area (Å²) in [7, 11) is 0. The van der Waals surface area contributed by atoms with Gasteiger partial charge in [-0.15, -0.1) is 0 Å². The van der Waals surface area contributed by atoms with Crippen molar-refractivity contribution in [2.24, 2.45) is 0 Å². The maximum absolute atomic E-state index is 12.5. The van der Waals surface area contributed by atoms with Gasteiger partial charge in [-0.1, -0.05) is 72.8 Å². The average Bonchev–Trinajstić information content (AvgIpc) is 2.62. The molecule has 0 heterocycles. The number of ether oxygens (including phenoxy) is 1. The number of hydrogen-bond acceptors (Lipinski definition) is 2. The number of rotatable bonds is 4. The van der Waals surface area contributed by atoms with Crippen molar-refractivity contribution in [3.05, 3.63) is 107 Å². The fourth-order valence-electron chi connectivity index (χ4n) is 2.57. The van der Waals surface area contributed by atoms with Gasteiger partial charge in [-0.3, -0.25) is 0 Å². The number of hydrogen-bond donors (Lipinski definition) is 0. The zero-order valence-corrected chi connectivity index (χ0v) is 13.0. The lowest BCUT2D eigenvalue weighted by Gasteiger charge is -2.20. The third-order valence-electron chi connectivity index (χ3n) is 3.81. The Kier molecular flexibility index (Phi) is 4.53. The Morgan fingerprint density at radius 3 is 2.00 bits per heavy atom. The second kappa shape index (κ2) is 6.93. The molecular formula is C21H18O2. The summed E-state index contributed by atoms with van der Waals surface area (Å²) in [6.45, 7) is 2.03. The molecule has 2 nitrogen and oxygen atoms in total. The van der Waals surface area contributed by atoms with Crippen LogP contribution < -0.4 is 0 Å². The van der Waals surface area contributed by atoms with E-state index in [2.05, 4.69) is 0 Å². The smallest absolute Gasteiger partial charge is 0.339 e. The van der Waals surface area contributed by atoms with Gasteiger partial charge in [-0.2, -0.15) is 0 Å². The van der Waals surface area contributed by atoms with Crippen LogP contribution >= 0.6 is 0 Å². The fraction of sp³-hybridized carbons (Fsp3) is 0.0952. The molecule has 0 saturated carbocycles. The highest BCUT2D eigenvalue weighted by atomic mass is 16.5.